The van der Waals surface area contributed by atoms with Gasteiger partial charge in [0.05, 0.1) is 23.6 Å². The number of ether oxygens (including phenoxy) is 1. The van der Waals surface area contributed by atoms with Gasteiger partial charge < -0.3 is 10.1 Å². The number of carbonyl (C=O) groups excluding carboxylic acids is 1. The molecule has 0 radical (unpaired) electrons. The average Bonchev–Trinajstić information content (AvgIpc) is 2.51. The largest absolute Gasteiger partial charge is 0.495 e. The number of hydrogen-bond acceptors (Lipinski definition) is 4. The first kappa shape index (κ1) is 19.7. The third-order valence-electron chi connectivity index (χ3n) is 3.45. The van der Waals surface area contributed by atoms with Crippen molar-refractivity contribution < 1.29 is 17.9 Å². The van der Waals surface area contributed by atoms with E-state index in [9.17, 15) is 13.2 Å². The first-order valence-electron chi connectivity index (χ1n) is 7.39. The third-order valence-corrected chi connectivity index (χ3v) is 5.67. The molecule has 0 saturated carbocycles. The molecule has 1 aromatic carbocycles. The van der Waals surface area contributed by atoms with Crippen LogP contribution < -0.4 is 10.1 Å². The molecular formula is C15H23ClN2O4S. The van der Waals surface area contributed by atoms with Gasteiger partial charge in [-0.05, 0) is 31.5 Å². The Bertz CT molecular complexity index is 649. The van der Waals surface area contributed by atoms with Gasteiger partial charge in [0.2, 0.25) is 15.9 Å². The molecule has 1 N–H and O–H groups in total. The lowest BCUT2D eigenvalue weighted by Crippen LogP contribution is -2.43. The van der Waals surface area contributed by atoms with E-state index in [0.717, 1.165) is 10.7 Å². The molecule has 0 aliphatic rings. The van der Waals surface area contributed by atoms with Gasteiger partial charge in [-0.15, -0.1) is 0 Å². The van der Waals surface area contributed by atoms with Crippen LogP contribution in [0.4, 0.5) is 0 Å². The third kappa shape index (κ3) is 5.09. The highest BCUT2D eigenvalue weighted by atomic mass is 35.5. The van der Waals surface area contributed by atoms with Crippen LogP contribution in [0.5, 0.6) is 5.75 Å². The molecule has 0 heterocycles. The predicted molar refractivity (Wildman–Crippen MR) is 90.3 cm³/mol. The van der Waals surface area contributed by atoms with Crippen LogP contribution in [0, 0.1) is 0 Å². The highest BCUT2D eigenvalue weighted by molar-refractivity contribution is 7.89. The Hall–Kier alpha value is -1.31. The molecule has 0 spiro atoms. The second-order valence-electron chi connectivity index (χ2n) is 5.10. The van der Waals surface area contributed by atoms with Gasteiger partial charge in [0.1, 0.15) is 5.75 Å². The Morgan fingerprint density at radius 3 is 2.52 bits per heavy atom. The second-order valence-corrected chi connectivity index (χ2v) is 7.45. The standard InChI is InChI=1S/C15H23ClN2O4S/c1-5-11(3)17-15(19)10-18(6-2)23(20,21)12-7-8-14(22-4)13(16)9-12/h7-9,11H,5-6,10H2,1-4H3,(H,17,19)/t11-/m0/s1. The Labute approximate surface area is 142 Å². The van der Waals surface area contributed by atoms with Crippen LogP contribution in [-0.2, 0) is 14.8 Å². The first-order valence-corrected chi connectivity index (χ1v) is 9.21. The summed E-state index contributed by atoms with van der Waals surface area (Å²) < 4.78 is 31.4. The van der Waals surface area contributed by atoms with E-state index in [0.29, 0.717) is 5.75 Å². The number of carbonyl (C=O) groups is 1. The summed E-state index contributed by atoms with van der Waals surface area (Å²) in [7, 11) is -2.35. The maximum atomic E-state index is 12.7. The zero-order valence-electron chi connectivity index (χ0n) is 13.8. The van der Waals surface area contributed by atoms with Crippen molar-refractivity contribution in [3.8, 4) is 5.75 Å². The van der Waals surface area contributed by atoms with Crippen LogP contribution in [-0.4, -0.2) is 44.9 Å². The lowest BCUT2D eigenvalue weighted by molar-refractivity contribution is -0.121. The van der Waals surface area contributed by atoms with Crippen molar-refractivity contribution >= 4 is 27.5 Å². The summed E-state index contributed by atoms with van der Waals surface area (Å²) in [5.74, 6) is 0.0626. The van der Waals surface area contributed by atoms with Gasteiger partial charge >= 0.3 is 0 Å². The SMILES string of the molecule is CC[C@H](C)NC(=O)CN(CC)S(=O)(=O)c1ccc(OC)c(Cl)c1. The second kappa shape index (κ2) is 8.52. The molecule has 1 atom stereocenters. The lowest BCUT2D eigenvalue weighted by atomic mass is 10.2. The smallest absolute Gasteiger partial charge is 0.243 e. The van der Waals surface area contributed by atoms with Crippen molar-refractivity contribution in [2.75, 3.05) is 20.2 Å². The number of nitrogens with zero attached hydrogens (tertiary/aromatic N) is 1. The summed E-state index contributed by atoms with van der Waals surface area (Å²) in [4.78, 5) is 12.0. The summed E-state index contributed by atoms with van der Waals surface area (Å²) in [6.45, 7) is 5.44. The molecule has 0 bridgehead atoms. The summed E-state index contributed by atoms with van der Waals surface area (Å²) in [5.41, 5.74) is 0. The summed E-state index contributed by atoms with van der Waals surface area (Å²) >= 11 is 5.99. The molecule has 8 heteroatoms. The van der Waals surface area contributed by atoms with Crippen molar-refractivity contribution in [3.05, 3.63) is 23.2 Å². The number of benzene rings is 1. The Morgan fingerprint density at radius 1 is 1.39 bits per heavy atom. The van der Waals surface area contributed by atoms with Crippen molar-refractivity contribution in [2.45, 2.75) is 38.1 Å². The number of halogens is 1. The van der Waals surface area contributed by atoms with E-state index in [2.05, 4.69) is 5.32 Å². The van der Waals surface area contributed by atoms with E-state index in [1.807, 2.05) is 13.8 Å². The molecule has 23 heavy (non-hydrogen) atoms. The quantitative estimate of drug-likeness (QED) is 0.769. The van der Waals surface area contributed by atoms with E-state index in [4.69, 9.17) is 16.3 Å². The summed E-state index contributed by atoms with van der Waals surface area (Å²) in [5, 5.41) is 2.96. The Morgan fingerprint density at radius 2 is 2.04 bits per heavy atom. The molecule has 0 aliphatic heterocycles. The molecule has 0 fully saturated rings. The minimum atomic E-state index is -3.80. The molecule has 0 aromatic heterocycles. The van der Waals surface area contributed by atoms with Gasteiger partial charge in [0, 0.05) is 12.6 Å². The molecule has 1 rings (SSSR count). The van der Waals surface area contributed by atoms with Crippen molar-refractivity contribution in [2.24, 2.45) is 0 Å². The zero-order chi connectivity index (χ0) is 17.6. The number of methoxy groups -OCH3 is 1. The molecule has 0 unspecified atom stereocenters. The highest BCUT2D eigenvalue weighted by Gasteiger charge is 2.26. The fourth-order valence-electron chi connectivity index (χ4n) is 1.91. The van der Waals surface area contributed by atoms with Gasteiger partial charge in [-0.1, -0.05) is 25.4 Å². The van der Waals surface area contributed by atoms with Crippen LogP contribution in [0.3, 0.4) is 0 Å². The van der Waals surface area contributed by atoms with E-state index in [1.165, 1.54) is 25.3 Å². The van der Waals surface area contributed by atoms with E-state index in [1.54, 1.807) is 6.92 Å². The number of hydrogen-bond donors (Lipinski definition) is 1. The minimum Gasteiger partial charge on any atom is -0.495 e. The predicted octanol–water partition coefficient (Wildman–Crippen LogP) is 2.27. The number of amides is 1. The van der Waals surface area contributed by atoms with Gasteiger partial charge in [-0.25, -0.2) is 8.42 Å². The molecule has 1 aromatic rings. The number of likely N-dealkylation sites (N-methyl/N-ethyl adjacent to an activating group) is 1. The van der Waals surface area contributed by atoms with Crippen LogP contribution in [0.15, 0.2) is 23.1 Å². The van der Waals surface area contributed by atoms with Crippen molar-refractivity contribution in [3.63, 3.8) is 0 Å². The monoisotopic (exact) mass is 362 g/mol. The highest BCUT2D eigenvalue weighted by Crippen LogP contribution is 2.28. The fourth-order valence-corrected chi connectivity index (χ4v) is 3.66. The van der Waals surface area contributed by atoms with E-state index >= 15 is 0 Å². The van der Waals surface area contributed by atoms with Crippen LogP contribution in [0.1, 0.15) is 27.2 Å². The van der Waals surface area contributed by atoms with E-state index in [-0.39, 0.29) is 35.0 Å². The normalized spacial score (nSPS) is 13.0. The maximum Gasteiger partial charge on any atom is 0.243 e. The molecular weight excluding hydrogens is 340 g/mol. The van der Waals surface area contributed by atoms with Crippen molar-refractivity contribution in [1.29, 1.82) is 0 Å². The minimum absolute atomic E-state index is 0.000610. The Kier molecular flexibility index (Phi) is 7.31. The first-order chi connectivity index (χ1) is 10.8. The molecule has 1 amide bonds. The lowest BCUT2D eigenvalue weighted by Gasteiger charge is -2.21. The van der Waals surface area contributed by atoms with Crippen LogP contribution in [0.25, 0.3) is 0 Å². The number of sulfonamides is 1. The van der Waals surface area contributed by atoms with Crippen molar-refractivity contribution in [1.82, 2.24) is 9.62 Å². The zero-order valence-corrected chi connectivity index (χ0v) is 15.4. The summed E-state index contributed by atoms with van der Waals surface area (Å²) in [6, 6.07) is 4.22. The topological polar surface area (TPSA) is 75.7 Å². The molecule has 130 valence electrons. The van der Waals surface area contributed by atoms with Crippen LogP contribution >= 0.6 is 11.6 Å². The molecule has 0 aliphatic carbocycles. The van der Waals surface area contributed by atoms with Gasteiger partial charge in [-0.3, -0.25) is 4.79 Å². The summed E-state index contributed by atoms with van der Waals surface area (Å²) in [6.07, 6.45) is 0.776. The molecule has 0 saturated heterocycles. The van der Waals surface area contributed by atoms with Gasteiger partial charge in [-0.2, -0.15) is 4.31 Å². The maximum absolute atomic E-state index is 12.7. The Balaban J connectivity index is 2.99. The van der Waals surface area contributed by atoms with Gasteiger partial charge in [0.25, 0.3) is 0 Å². The fraction of sp³-hybridized carbons (Fsp3) is 0.533. The average molecular weight is 363 g/mol. The van der Waals surface area contributed by atoms with E-state index < -0.39 is 10.0 Å². The molecule has 6 nitrogen and oxygen atoms in total. The van der Waals surface area contributed by atoms with Gasteiger partial charge in [0.15, 0.2) is 0 Å². The number of nitrogens with one attached hydrogen (secondary N) is 1. The number of rotatable bonds is 8. The van der Waals surface area contributed by atoms with Crippen LogP contribution in [0.2, 0.25) is 5.02 Å².